The predicted molar refractivity (Wildman–Crippen MR) is 47.5 cm³/mol. The van der Waals surface area contributed by atoms with Crippen molar-refractivity contribution in [2.75, 3.05) is 19.6 Å². The molecule has 1 radical (unpaired) electrons. The predicted octanol–water partition coefficient (Wildman–Crippen LogP) is 1.53. The molecule has 1 unspecified atom stereocenters. The summed E-state index contributed by atoms with van der Waals surface area (Å²) in [4.78, 5) is 2.48. The van der Waals surface area contributed by atoms with Gasteiger partial charge in [-0.3, -0.25) is 10.6 Å². The van der Waals surface area contributed by atoms with Crippen LogP contribution in [0.15, 0.2) is 0 Å². The molecule has 0 saturated carbocycles. The van der Waals surface area contributed by atoms with E-state index in [0.29, 0.717) is 12.6 Å². The Bertz CT molecular complexity index is 104. The van der Waals surface area contributed by atoms with E-state index in [4.69, 9.17) is 5.73 Å². The number of hydrogen-bond acceptors (Lipinski definition) is 1. The number of hydrogen-bond donors (Lipinski definition) is 0. The van der Waals surface area contributed by atoms with E-state index in [1.54, 1.807) is 0 Å². The van der Waals surface area contributed by atoms with Crippen molar-refractivity contribution in [1.82, 2.24) is 10.6 Å². The van der Waals surface area contributed by atoms with E-state index < -0.39 is 0 Å². The second-order valence-corrected chi connectivity index (χ2v) is 3.39. The minimum absolute atomic E-state index is 0.585. The van der Waals surface area contributed by atoms with E-state index in [0.717, 1.165) is 0 Å². The zero-order valence-corrected chi connectivity index (χ0v) is 7.47. The van der Waals surface area contributed by atoms with Crippen LogP contribution in [0.3, 0.4) is 0 Å². The molecule has 0 aliphatic carbocycles. The molecule has 1 atom stereocenters. The quantitative estimate of drug-likeness (QED) is 0.605. The summed E-state index contributed by atoms with van der Waals surface area (Å²) in [6.45, 7) is 5.29. The van der Waals surface area contributed by atoms with Crippen LogP contribution in [-0.4, -0.2) is 30.6 Å². The standard InChI is InChI=1S/C9H19N2/c1-2-3-6-11-7-4-5-9(11)8-10/h9-10H,2-8H2,1H3. The van der Waals surface area contributed by atoms with Crippen molar-refractivity contribution in [2.45, 2.75) is 38.6 Å². The molecule has 1 rings (SSSR count). The van der Waals surface area contributed by atoms with Crippen LogP contribution in [0.1, 0.15) is 32.6 Å². The van der Waals surface area contributed by atoms with Gasteiger partial charge in [-0.05, 0) is 32.4 Å². The summed E-state index contributed by atoms with van der Waals surface area (Å²) in [6, 6.07) is 0.585. The maximum absolute atomic E-state index is 7.32. The third-order valence-electron chi connectivity index (χ3n) is 2.53. The molecule has 65 valence electrons. The summed E-state index contributed by atoms with van der Waals surface area (Å²) >= 11 is 0. The van der Waals surface area contributed by atoms with Gasteiger partial charge in [-0.15, -0.1) is 0 Å². The molecule has 1 aliphatic rings. The third-order valence-corrected chi connectivity index (χ3v) is 2.53. The first-order valence-corrected chi connectivity index (χ1v) is 4.77. The third kappa shape index (κ3) is 2.46. The van der Waals surface area contributed by atoms with Crippen LogP contribution in [0.5, 0.6) is 0 Å². The number of rotatable bonds is 4. The van der Waals surface area contributed by atoms with Crippen LogP contribution in [0.4, 0.5) is 0 Å². The summed E-state index contributed by atoms with van der Waals surface area (Å²) in [6.07, 6.45) is 5.15. The van der Waals surface area contributed by atoms with Crippen molar-refractivity contribution < 1.29 is 0 Å². The Morgan fingerprint density at radius 3 is 3.00 bits per heavy atom. The van der Waals surface area contributed by atoms with Gasteiger partial charge >= 0.3 is 0 Å². The maximum Gasteiger partial charge on any atom is 0.0256 e. The summed E-state index contributed by atoms with van der Waals surface area (Å²) in [5.41, 5.74) is 7.32. The number of unbranched alkanes of at least 4 members (excludes halogenated alkanes) is 1. The molecule has 2 heteroatoms. The highest BCUT2D eigenvalue weighted by Crippen LogP contribution is 2.16. The van der Waals surface area contributed by atoms with Crippen LogP contribution in [-0.2, 0) is 0 Å². The highest BCUT2D eigenvalue weighted by Gasteiger charge is 2.21. The Kier molecular flexibility index (Phi) is 3.87. The topological polar surface area (TPSA) is 27.0 Å². The summed E-state index contributed by atoms with van der Waals surface area (Å²) in [7, 11) is 0. The Morgan fingerprint density at radius 2 is 2.36 bits per heavy atom. The Labute approximate surface area is 69.8 Å². The maximum atomic E-state index is 7.32. The van der Waals surface area contributed by atoms with Gasteiger partial charge in [0, 0.05) is 12.6 Å². The van der Waals surface area contributed by atoms with E-state index in [1.165, 1.54) is 38.8 Å². The smallest absolute Gasteiger partial charge is 0.0256 e. The molecule has 0 aromatic rings. The van der Waals surface area contributed by atoms with E-state index in [1.807, 2.05) is 0 Å². The zero-order valence-electron chi connectivity index (χ0n) is 7.47. The minimum atomic E-state index is 0.585. The SMILES string of the molecule is CCCCN1CCCC1C[NH]. The van der Waals surface area contributed by atoms with Crippen LogP contribution >= 0.6 is 0 Å². The molecule has 11 heavy (non-hydrogen) atoms. The Morgan fingerprint density at radius 1 is 1.55 bits per heavy atom. The lowest BCUT2D eigenvalue weighted by atomic mass is 10.2. The summed E-state index contributed by atoms with van der Waals surface area (Å²) in [5.74, 6) is 0. The first kappa shape index (κ1) is 9.01. The van der Waals surface area contributed by atoms with Gasteiger partial charge in [-0.1, -0.05) is 13.3 Å². The van der Waals surface area contributed by atoms with Gasteiger partial charge in [0.1, 0.15) is 0 Å². The van der Waals surface area contributed by atoms with Gasteiger partial charge in [0.15, 0.2) is 0 Å². The van der Waals surface area contributed by atoms with E-state index in [2.05, 4.69) is 11.8 Å². The van der Waals surface area contributed by atoms with E-state index >= 15 is 0 Å². The lowest BCUT2D eigenvalue weighted by molar-refractivity contribution is 0.253. The fourth-order valence-electron chi connectivity index (χ4n) is 1.78. The normalized spacial score (nSPS) is 26.2. The Balaban J connectivity index is 2.20. The molecule has 0 spiro atoms. The molecular weight excluding hydrogens is 136 g/mol. The van der Waals surface area contributed by atoms with Crippen molar-refractivity contribution >= 4 is 0 Å². The molecule has 2 nitrogen and oxygen atoms in total. The summed E-state index contributed by atoms with van der Waals surface area (Å²) < 4.78 is 0. The number of nitrogens with zero attached hydrogens (tertiary/aromatic N) is 1. The fraction of sp³-hybridized carbons (Fsp3) is 1.00. The average Bonchev–Trinajstić information content (AvgIpc) is 2.47. The number of likely N-dealkylation sites (tertiary alicyclic amines) is 1. The largest absolute Gasteiger partial charge is 0.299 e. The lowest BCUT2D eigenvalue weighted by Crippen LogP contribution is -2.33. The second kappa shape index (κ2) is 4.73. The van der Waals surface area contributed by atoms with E-state index in [-0.39, 0.29) is 0 Å². The van der Waals surface area contributed by atoms with Crippen molar-refractivity contribution in [3.05, 3.63) is 0 Å². The minimum Gasteiger partial charge on any atom is -0.299 e. The first-order valence-electron chi connectivity index (χ1n) is 4.77. The van der Waals surface area contributed by atoms with Crippen LogP contribution in [0, 0.1) is 0 Å². The van der Waals surface area contributed by atoms with Gasteiger partial charge in [0.05, 0.1) is 0 Å². The highest BCUT2D eigenvalue weighted by atomic mass is 15.2. The molecule has 0 bridgehead atoms. The second-order valence-electron chi connectivity index (χ2n) is 3.39. The van der Waals surface area contributed by atoms with Crippen LogP contribution < -0.4 is 5.73 Å². The van der Waals surface area contributed by atoms with Gasteiger partial charge in [0.25, 0.3) is 0 Å². The number of nitrogens with one attached hydrogen (secondary N) is 1. The zero-order chi connectivity index (χ0) is 8.10. The van der Waals surface area contributed by atoms with Crippen LogP contribution in [0.25, 0.3) is 0 Å². The monoisotopic (exact) mass is 155 g/mol. The molecule has 0 aromatic carbocycles. The van der Waals surface area contributed by atoms with E-state index in [9.17, 15) is 0 Å². The van der Waals surface area contributed by atoms with Crippen molar-refractivity contribution in [2.24, 2.45) is 0 Å². The molecule has 1 saturated heterocycles. The molecule has 1 fully saturated rings. The average molecular weight is 155 g/mol. The molecule has 0 aromatic heterocycles. The molecule has 1 N–H and O–H groups in total. The Hall–Kier alpha value is -0.0800. The van der Waals surface area contributed by atoms with Gasteiger partial charge < -0.3 is 0 Å². The van der Waals surface area contributed by atoms with Gasteiger partial charge in [-0.2, -0.15) is 0 Å². The van der Waals surface area contributed by atoms with Gasteiger partial charge in [0.2, 0.25) is 0 Å². The van der Waals surface area contributed by atoms with Crippen LogP contribution in [0.2, 0.25) is 0 Å². The molecule has 1 heterocycles. The molecular formula is C9H19N2. The van der Waals surface area contributed by atoms with Crippen molar-refractivity contribution in [3.8, 4) is 0 Å². The van der Waals surface area contributed by atoms with Crippen molar-refractivity contribution in [3.63, 3.8) is 0 Å². The first-order chi connectivity index (χ1) is 5.38. The fourth-order valence-corrected chi connectivity index (χ4v) is 1.78. The lowest BCUT2D eigenvalue weighted by Gasteiger charge is -2.22. The summed E-state index contributed by atoms with van der Waals surface area (Å²) in [5, 5.41) is 0. The molecule has 1 aliphatic heterocycles. The van der Waals surface area contributed by atoms with Crippen molar-refractivity contribution in [1.29, 1.82) is 0 Å². The molecule has 0 amide bonds. The van der Waals surface area contributed by atoms with Gasteiger partial charge in [-0.25, -0.2) is 0 Å². The highest BCUT2D eigenvalue weighted by molar-refractivity contribution is 4.78.